The zero-order chi connectivity index (χ0) is 19.3. The third kappa shape index (κ3) is 4.27. The van der Waals surface area contributed by atoms with Crippen LogP contribution in [-0.2, 0) is 19.4 Å². The van der Waals surface area contributed by atoms with Gasteiger partial charge in [-0.15, -0.1) is 0 Å². The molecule has 1 atom stereocenters. The summed E-state index contributed by atoms with van der Waals surface area (Å²) in [7, 11) is -2.56. The molecule has 138 valence electrons. The molecule has 0 spiro atoms. The fraction of sp³-hybridized carbons (Fsp3) is 0.222. The monoisotopic (exact) mass is 376 g/mol. The predicted molar refractivity (Wildman–Crippen MR) is 96.6 cm³/mol. The van der Waals surface area contributed by atoms with Crippen LogP contribution in [0.5, 0.6) is 0 Å². The SMILES string of the molecule is CCC(N)C(=O)Nc1cccc(S(=O)(=O)c2ccc(C(=O)OC)cc2)c1. The van der Waals surface area contributed by atoms with Crippen LogP contribution < -0.4 is 11.1 Å². The molecule has 26 heavy (non-hydrogen) atoms. The summed E-state index contributed by atoms with van der Waals surface area (Å²) in [5.41, 5.74) is 6.25. The molecule has 0 bridgehead atoms. The Hall–Kier alpha value is -2.71. The largest absolute Gasteiger partial charge is 0.465 e. The van der Waals surface area contributed by atoms with Crippen molar-refractivity contribution in [2.24, 2.45) is 5.73 Å². The van der Waals surface area contributed by atoms with Crippen LogP contribution >= 0.6 is 0 Å². The van der Waals surface area contributed by atoms with Gasteiger partial charge in [0.25, 0.3) is 0 Å². The number of amides is 1. The number of anilines is 1. The topological polar surface area (TPSA) is 116 Å². The van der Waals surface area contributed by atoms with E-state index in [1.165, 1.54) is 49.6 Å². The van der Waals surface area contributed by atoms with E-state index >= 15 is 0 Å². The van der Waals surface area contributed by atoms with Gasteiger partial charge in [0.15, 0.2) is 0 Å². The summed E-state index contributed by atoms with van der Waals surface area (Å²) in [6.45, 7) is 1.78. The summed E-state index contributed by atoms with van der Waals surface area (Å²) in [5.74, 6) is -0.935. The van der Waals surface area contributed by atoms with Gasteiger partial charge in [-0.05, 0) is 48.9 Å². The van der Waals surface area contributed by atoms with Gasteiger partial charge >= 0.3 is 5.97 Å². The molecule has 3 N–H and O–H groups in total. The Morgan fingerprint density at radius 2 is 1.77 bits per heavy atom. The highest BCUT2D eigenvalue weighted by Crippen LogP contribution is 2.24. The third-order valence-corrected chi connectivity index (χ3v) is 5.54. The van der Waals surface area contributed by atoms with Gasteiger partial charge in [0.1, 0.15) is 0 Å². The molecule has 2 aromatic carbocycles. The molecule has 8 heteroatoms. The fourth-order valence-corrected chi connectivity index (χ4v) is 3.49. The number of carbonyl (C=O) groups is 2. The van der Waals surface area contributed by atoms with Crippen molar-refractivity contribution in [1.29, 1.82) is 0 Å². The van der Waals surface area contributed by atoms with Crippen molar-refractivity contribution in [2.45, 2.75) is 29.2 Å². The molecule has 0 saturated carbocycles. The summed E-state index contributed by atoms with van der Waals surface area (Å²) >= 11 is 0. The molecule has 1 unspecified atom stereocenters. The standard InChI is InChI=1S/C18H20N2O5S/c1-3-16(19)17(21)20-13-5-4-6-15(11-13)26(23,24)14-9-7-12(8-10-14)18(22)25-2/h4-11,16H,3,19H2,1-2H3,(H,20,21). The molecule has 0 aliphatic rings. The summed E-state index contributed by atoms with van der Waals surface area (Å²) in [5, 5.41) is 2.60. The lowest BCUT2D eigenvalue weighted by Gasteiger charge is -2.11. The van der Waals surface area contributed by atoms with Crippen LogP contribution in [0.25, 0.3) is 0 Å². The first-order chi connectivity index (χ1) is 12.3. The van der Waals surface area contributed by atoms with E-state index in [1.807, 2.05) is 0 Å². The van der Waals surface area contributed by atoms with Crippen LogP contribution in [0.15, 0.2) is 58.3 Å². The Balaban J connectivity index is 2.30. The highest BCUT2D eigenvalue weighted by Gasteiger charge is 2.19. The van der Waals surface area contributed by atoms with Crippen molar-refractivity contribution in [1.82, 2.24) is 0 Å². The van der Waals surface area contributed by atoms with Crippen LogP contribution in [0.4, 0.5) is 5.69 Å². The summed E-state index contributed by atoms with van der Waals surface area (Å²) in [6, 6.07) is 10.7. The lowest BCUT2D eigenvalue weighted by atomic mass is 10.2. The molecule has 0 heterocycles. The van der Waals surface area contributed by atoms with E-state index in [9.17, 15) is 18.0 Å². The number of ether oxygens (including phenoxy) is 1. The second kappa shape index (κ2) is 8.11. The number of methoxy groups -OCH3 is 1. The van der Waals surface area contributed by atoms with E-state index in [1.54, 1.807) is 13.0 Å². The number of esters is 1. The van der Waals surface area contributed by atoms with E-state index in [0.29, 0.717) is 12.1 Å². The van der Waals surface area contributed by atoms with Crippen molar-refractivity contribution in [3.63, 3.8) is 0 Å². The molecular weight excluding hydrogens is 356 g/mol. The number of rotatable bonds is 6. The molecule has 2 aromatic rings. The number of hydrogen-bond donors (Lipinski definition) is 2. The highest BCUT2D eigenvalue weighted by molar-refractivity contribution is 7.91. The quantitative estimate of drug-likeness (QED) is 0.745. The van der Waals surface area contributed by atoms with Gasteiger partial charge in [0.05, 0.1) is 28.5 Å². The Morgan fingerprint density at radius 3 is 2.35 bits per heavy atom. The van der Waals surface area contributed by atoms with E-state index in [2.05, 4.69) is 10.1 Å². The normalized spacial score (nSPS) is 12.3. The fourth-order valence-electron chi connectivity index (χ4n) is 2.19. The van der Waals surface area contributed by atoms with E-state index in [0.717, 1.165) is 0 Å². The highest BCUT2D eigenvalue weighted by atomic mass is 32.2. The minimum absolute atomic E-state index is 0.0196. The van der Waals surface area contributed by atoms with Gasteiger partial charge in [0.2, 0.25) is 15.7 Å². The van der Waals surface area contributed by atoms with Crippen LogP contribution in [-0.4, -0.2) is 33.4 Å². The number of sulfone groups is 1. The average Bonchev–Trinajstić information content (AvgIpc) is 2.66. The van der Waals surface area contributed by atoms with Crippen molar-refractivity contribution >= 4 is 27.4 Å². The second-order valence-corrected chi connectivity index (χ2v) is 7.50. The maximum absolute atomic E-state index is 12.8. The smallest absolute Gasteiger partial charge is 0.337 e. The summed E-state index contributed by atoms with van der Waals surface area (Å²) < 4.78 is 30.1. The van der Waals surface area contributed by atoms with Gasteiger partial charge in [0, 0.05) is 5.69 Å². The molecule has 0 saturated heterocycles. The van der Waals surface area contributed by atoms with Crippen molar-refractivity contribution in [2.75, 3.05) is 12.4 Å². The first-order valence-electron chi connectivity index (χ1n) is 7.89. The van der Waals surface area contributed by atoms with Crippen molar-refractivity contribution in [3.05, 3.63) is 54.1 Å². The first-order valence-corrected chi connectivity index (χ1v) is 9.38. The van der Waals surface area contributed by atoms with E-state index in [-0.39, 0.29) is 21.3 Å². The zero-order valence-corrected chi connectivity index (χ0v) is 15.2. The molecule has 0 radical (unpaired) electrons. The van der Waals surface area contributed by atoms with Crippen LogP contribution in [0.2, 0.25) is 0 Å². The number of benzene rings is 2. The number of nitrogens with one attached hydrogen (secondary N) is 1. The Morgan fingerprint density at radius 1 is 1.12 bits per heavy atom. The van der Waals surface area contributed by atoms with Gasteiger partial charge in [-0.1, -0.05) is 13.0 Å². The van der Waals surface area contributed by atoms with E-state index < -0.39 is 21.8 Å². The van der Waals surface area contributed by atoms with Crippen molar-refractivity contribution in [3.8, 4) is 0 Å². The molecular formula is C18H20N2O5S. The average molecular weight is 376 g/mol. The lowest BCUT2D eigenvalue weighted by Crippen LogP contribution is -2.34. The number of carbonyl (C=O) groups excluding carboxylic acids is 2. The number of hydrogen-bond acceptors (Lipinski definition) is 6. The Labute approximate surface area is 152 Å². The molecule has 7 nitrogen and oxygen atoms in total. The molecule has 0 fully saturated rings. The summed E-state index contributed by atoms with van der Waals surface area (Å²) in [6.07, 6.45) is 0.469. The van der Waals surface area contributed by atoms with Gasteiger partial charge < -0.3 is 15.8 Å². The van der Waals surface area contributed by atoms with Gasteiger partial charge in [-0.25, -0.2) is 13.2 Å². The maximum Gasteiger partial charge on any atom is 0.337 e. The van der Waals surface area contributed by atoms with Crippen LogP contribution in [0, 0.1) is 0 Å². The van der Waals surface area contributed by atoms with Gasteiger partial charge in [-0.3, -0.25) is 4.79 Å². The minimum Gasteiger partial charge on any atom is -0.465 e. The second-order valence-electron chi connectivity index (χ2n) is 5.55. The predicted octanol–water partition coefficient (Wildman–Crippen LogP) is 1.98. The molecule has 0 aromatic heterocycles. The Kier molecular flexibility index (Phi) is 6.12. The molecule has 0 aliphatic heterocycles. The number of nitrogens with two attached hydrogens (primary N) is 1. The van der Waals surface area contributed by atoms with Crippen molar-refractivity contribution < 1.29 is 22.7 Å². The first kappa shape index (κ1) is 19.6. The zero-order valence-electron chi connectivity index (χ0n) is 14.4. The molecule has 2 rings (SSSR count). The van der Waals surface area contributed by atoms with E-state index in [4.69, 9.17) is 5.73 Å². The molecule has 0 aliphatic carbocycles. The molecule has 1 amide bonds. The maximum atomic E-state index is 12.8. The van der Waals surface area contributed by atoms with Crippen LogP contribution in [0.3, 0.4) is 0 Å². The minimum atomic E-state index is -3.81. The van der Waals surface area contributed by atoms with Crippen LogP contribution in [0.1, 0.15) is 23.7 Å². The summed E-state index contributed by atoms with van der Waals surface area (Å²) in [4.78, 5) is 23.4. The third-order valence-electron chi connectivity index (χ3n) is 3.77. The van der Waals surface area contributed by atoms with Gasteiger partial charge in [-0.2, -0.15) is 0 Å². The lowest BCUT2D eigenvalue weighted by molar-refractivity contribution is -0.117. The Bertz CT molecular complexity index is 907.